The molecule has 0 bridgehead atoms. The van der Waals surface area contributed by atoms with Gasteiger partial charge >= 0.3 is 0 Å². The molecule has 0 radical (unpaired) electrons. The fourth-order valence-electron chi connectivity index (χ4n) is 2.65. The number of benzene rings is 1. The molecule has 2 aromatic rings. The second-order valence-corrected chi connectivity index (χ2v) is 5.56. The van der Waals surface area contributed by atoms with Gasteiger partial charge in [-0.25, -0.2) is 0 Å². The summed E-state index contributed by atoms with van der Waals surface area (Å²) in [6.45, 7) is 0.540. The molecule has 1 heterocycles. The molecule has 5 heteroatoms. The van der Waals surface area contributed by atoms with Crippen LogP contribution in [0.5, 0.6) is 11.5 Å². The van der Waals surface area contributed by atoms with Gasteiger partial charge < -0.3 is 14.4 Å². The number of pyridine rings is 1. The highest BCUT2D eigenvalue weighted by Gasteiger charge is 2.35. The zero-order valence-corrected chi connectivity index (χ0v) is 13.4. The number of ether oxygens (including phenoxy) is 2. The van der Waals surface area contributed by atoms with Gasteiger partial charge in [0.2, 0.25) is 0 Å². The molecule has 1 saturated carbocycles. The van der Waals surface area contributed by atoms with Crippen molar-refractivity contribution in [3.05, 3.63) is 53.9 Å². The highest BCUT2D eigenvalue weighted by atomic mass is 16.5. The average molecular weight is 312 g/mol. The number of aromatic nitrogens is 1. The van der Waals surface area contributed by atoms with E-state index in [1.807, 2.05) is 23.1 Å². The Kier molecular flexibility index (Phi) is 4.46. The van der Waals surface area contributed by atoms with Crippen LogP contribution in [0.2, 0.25) is 0 Å². The first-order chi connectivity index (χ1) is 11.2. The first-order valence-corrected chi connectivity index (χ1v) is 7.65. The Morgan fingerprint density at radius 1 is 1.17 bits per heavy atom. The Balaban J connectivity index is 1.93. The Morgan fingerprint density at radius 2 is 1.87 bits per heavy atom. The van der Waals surface area contributed by atoms with Crippen LogP contribution in [0.15, 0.2) is 42.7 Å². The molecule has 1 amide bonds. The quantitative estimate of drug-likeness (QED) is 0.823. The molecule has 120 valence electrons. The molecule has 5 nitrogen and oxygen atoms in total. The van der Waals surface area contributed by atoms with E-state index in [1.165, 1.54) is 0 Å². The van der Waals surface area contributed by atoms with Gasteiger partial charge in [0.05, 0.1) is 14.2 Å². The summed E-state index contributed by atoms with van der Waals surface area (Å²) in [6, 6.07) is 9.52. The Bertz CT molecular complexity index is 662. The van der Waals surface area contributed by atoms with E-state index >= 15 is 0 Å². The molecule has 0 unspecified atom stereocenters. The number of carbonyl (C=O) groups excluding carboxylic acids is 1. The van der Waals surface area contributed by atoms with Crippen LogP contribution in [0.25, 0.3) is 0 Å². The first-order valence-electron chi connectivity index (χ1n) is 7.65. The second-order valence-electron chi connectivity index (χ2n) is 5.56. The number of nitrogens with zero attached hydrogens (tertiary/aromatic N) is 2. The van der Waals surface area contributed by atoms with Gasteiger partial charge in [0, 0.05) is 25.0 Å². The zero-order valence-electron chi connectivity index (χ0n) is 13.4. The van der Waals surface area contributed by atoms with Gasteiger partial charge in [0.25, 0.3) is 5.91 Å². The van der Waals surface area contributed by atoms with Crippen molar-refractivity contribution in [2.24, 2.45) is 0 Å². The van der Waals surface area contributed by atoms with E-state index in [9.17, 15) is 4.79 Å². The van der Waals surface area contributed by atoms with E-state index in [4.69, 9.17) is 9.47 Å². The molecule has 1 aromatic heterocycles. The molecule has 1 aliphatic rings. The first kappa shape index (κ1) is 15.3. The summed E-state index contributed by atoms with van der Waals surface area (Å²) < 4.78 is 10.7. The molecule has 0 aliphatic heterocycles. The van der Waals surface area contributed by atoms with Gasteiger partial charge in [-0.3, -0.25) is 9.78 Å². The lowest BCUT2D eigenvalue weighted by molar-refractivity contribution is 0.0722. The molecule has 0 saturated heterocycles. The van der Waals surface area contributed by atoms with Crippen LogP contribution in [0, 0.1) is 0 Å². The van der Waals surface area contributed by atoms with Crippen LogP contribution in [0.1, 0.15) is 28.8 Å². The SMILES string of the molecule is COc1cccc(OC)c1C(=O)N(Cc1cccnc1)C1CC1. The monoisotopic (exact) mass is 312 g/mol. The largest absolute Gasteiger partial charge is 0.496 e. The third kappa shape index (κ3) is 3.28. The fourth-order valence-corrected chi connectivity index (χ4v) is 2.65. The van der Waals surface area contributed by atoms with Crippen LogP contribution in [0.4, 0.5) is 0 Å². The summed E-state index contributed by atoms with van der Waals surface area (Å²) in [7, 11) is 3.13. The summed E-state index contributed by atoms with van der Waals surface area (Å²) in [5.74, 6) is 1.00. The van der Waals surface area contributed by atoms with E-state index in [1.54, 1.807) is 38.7 Å². The van der Waals surface area contributed by atoms with Crippen molar-refractivity contribution >= 4 is 5.91 Å². The van der Waals surface area contributed by atoms with Crippen LogP contribution < -0.4 is 9.47 Å². The predicted molar refractivity (Wildman–Crippen MR) is 86.7 cm³/mol. The molecule has 0 N–H and O–H groups in total. The summed E-state index contributed by atoms with van der Waals surface area (Å²) in [4.78, 5) is 19.2. The van der Waals surface area contributed by atoms with Crippen molar-refractivity contribution in [2.45, 2.75) is 25.4 Å². The van der Waals surface area contributed by atoms with E-state index < -0.39 is 0 Å². The molecule has 1 aromatic carbocycles. The minimum Gasteiger partial charge on any atom is -0.496 e. The third-order valence-corrected chi connectivity index (χ3v) is 3.97. The number of methoxy groups -OCH3 is 2. The van der Waals surface area contributed by atoms with Crippen LogP contribution in [-0.2, 0) is 6.54 Å². The summed E-state index contributed by atoms with van der Waals surface area (Å²) in [5.41, 5.74) is 1.50. The normalized spacial score (nSPS) is 13.5. The lowest BCUT2D eigenvalue weighted by Gasteiger charge is -2.24. The van der Waals surface area contributed by atoms with Crippen molar-refractivity contribution in [1.82, 2.24) is 9.88 Å². The zero-order chi connectivity index (χ0) is 16.2. The summed E-state index contributed by atoms with van der Waals surface area (Å²) in [5, 5.41) is 0. The van der Waals surface area contributed by atoms with Crippen molar-refractivity contribution < 1.29 is 14.3 Å². The summed E-state index contributed by atoms with van der Waals surface area (Å²) in [6.07, 6.45) is 5.59. The van der Waals surface area contributed by atoms with Gasteiger partial charge in [-0.15, -0.1) is 0 Å². The number of hydrogen-bond acceptors (Lipinski definition) is 4. The predicted octanol–water partition coefficient (Wildman–Crippen LogP) is 2.90. The minimum atomic E-state index is -0.0642. The topological polar surface area (TPSA) is 51.7 Å². The van der Waals surface area contributed by atoms with E-state index in [-0.39, 0.29) is 11.9 Å². The minimum absolute atomic E-state index is 0.0642. The third-order valence-electron chi connectivity index (χ3n) is 3.97. The van der Waals surface area contributed by atoms with Crippen LogP contribution in [-0.4, -0.2) is 36.1 Å². The van der Waals surface area contributed by atoms with Gasteiger partial charge in [0.1, 0.15) is 17.1 Å². The smallest absolute Gasteiger partial charge is 0.261 e. The molecule has 0 spiro atoms. The van der Waals surface area contributed by atoms with Gasteiger partial charge in [0.15, 0.2) is 0 Å². The summed E-state index contributed by atoms with van der Waals surface area (Å²) >= 11 is 0. The van der Waals surface area contributed by atoms with E-state index in [0.29, 0.717) is 23.6 Å². The Morgan fingerprint density at radius 3 is 2.39 bits per heavy atom. The Hall–Kier alpha value is -2.56. The molecule has 0 atom stereocenters. The number of rotatable bonds is 6. The van der Waals surface area contributed by atoms with Gasteiger partial charge in [-0.05, 0) is 36.6 Å². The molecule has 1 aliphatic carbocycles. The molecular formula is C18H20N2O3. The van der Waals surface area contributed by atoms with E-state index in [2.05, 4.69) is 4.98 Å². The number of hydrogen-bond donors (Lipinski definition) is 0. The lowest BCUT2D eigenvalue weighted by Crippen LogP contribution is -2.33. The fraction of sp³-hybridized carbons (Fsp3) is 0.333. The number of amides is 1. The molecular weight excluding hydrogens is 292 g/mol. The van der Waals surface area contributed by atoms with Crippen molar-refractivity contribution in [1.29, 1.82) is 0 Å². The average Bonchev–Trinajstić information content (AvgIpc) is 3.44. The van der Waals surface area contributed by atoms with Crippen LogP contribution >= 0.6 is 0 Å². The van der Waals surface area contributed by atoms with Crippen molar-refractivity contribution in [2.75, 3.05) is 14.2 Å². The standard InChI is InChI=1S/C18H20N2O3/c1-22-15-6-3-7-16(23-2)17(15)18(21)20(14-8-9-14)12-13-5-4-10-19-11-13/h3-7,10-11,14H,8-9,12H2,1-2H3. The van der Waals surface area contributed by atoms with E-state index in [0.717, 1.165) is 18.4 Å². The second kappa shape index (κ2) is 6.69. The maximum absolute atomic E-state index is 13.1. The highest BCUT2D eigenvalue weighted by Crippen LogP contribution is 2.35. The lowest BCUT2D eigenvalue weighted by atomic mass is 10.1. The van der Waals surface area contributed by atoms with Crippen molar-refractivity contribution in [3.63, 3.8) is 0 Å². The maximum Gasteiger partial charge on any atom is 0.261 e. The van der Waals surface area contributed by atoms with Gasteiger partial charge in [-0.2, -0.15) is 0 Å². The maximum atomic E-state index is 13.1. The Labute approximate surface area is 135 Å². The molecule has 1 fully saturated rings. The van der Waals surface area contributed by atoms with Gasteiger partial charge in [-0.1, -0.05) is 12.1 Å². The highest BCUT2D eigenvalue weighted by molar-refractivity contribution is 6.00. The van der Waals surface area contributed by atoms with Crippen molar-refractivity contribution in [3.8, 4) is 11.5 Å². The molecule has 3 rings (SSSR count). The number of carbonyl (C=O) groups is 1. The molecule has 23 heavy (non-hydrogen) atoms. The van der Waals surface area contributed by atoms with Crippen LogP contribution in [0.3, 0.4) is 0 Å².